The molecule has 1 saturated carbocycles. The molecule has 5 aliphatic rings. The summed E-state index contributed by atoms with van der Waals surface area (Å²) in [4.78, 5) is 56.4. The second-order valence-electron chi connectivity index (χ2n) is 17.6. The van der Waals surface area contributed by atoms with Gasteiger partial charge in [-0.25, -0.2) is 18.7 Å². The highest BCUT2D eigenvalue weighted by atomic mass is 35.5. The third-order valence-electron chi connectivity index (χ3n) is 13.4. The van der Waals surface area contributed by atoms with Crippen molar-refractivity contribution < 1.29 is 23.1 Å². The van der Waals surface area contributed by atoms with Crippen LogP contribution < -0.4 is 35.6 Å². The van der Waals surface area contributed by atoms with E-state index in [1.807, 2.05) is 13.1 Å². The van der Waals surface area contributed by atoms with Gasteiger partial charge in [-0.05, 0) is 87.3 Å². The average molecular weight is 870 g/mol. The van der Waals surface area contributed by atoms with Crippen LogP contribution in [0.25, 0.3) is 21.8 Å². The number of piperazine rings is 1. The molecule has 2 atom stereocenters. The Hall–Kier alpha value is -5.55. The van der Waals surface area contributed by atoms with E-state index < -0.39 is 24.1 Å². The molecule has 5 aromatic rings. The molecule has 4 fully saturated rings. The number of aromatic nitrogens is 5. The van der Waals surface area contributed by atoms with Gasteiger partial charge in [0.1, 0.15) is 5.02 Å². The molecule has 1 aliphatic carbocycles. The van der Waals surface area contributed by atoms with E-state index in [-0.39, 0.29) is 35.2 Å². The second kappa shape index (κ2) is 15.7. The minimum atomic E-state index is -3.13. The third-order valence-corrected chi connectivity index (χ3v) is 13.7. The van der Waals surface area contributed by atoms with E-state index in [2.05, 4.69) is 54.5 Å². The van der Waals surface area contributed by atoms with E-state index >= 15 is 8.78 Å². The number of imide groups is 1. The number of piperidine rings is 2. The number of pyridine rings is 1. The first-order valence-corrected chi connectivity index (χ1v) is 22.0. The van der Waals surface area contributed by atoms with Gasteiger partial charge in [0.2, 0.25) is 23.5 Å². The van der Waals surface area contributed by atoms with Crippen LogP contribution in [0.2, 0.25) is 5.02 Å². The Morgan fingerprint density at radius 1 is 0.935 bits per heavy atom. The van der Waals surface area contributed by atoms with Crippen LogP contribution in [0.15, 0.2) is 47.4 Å². The van der Waals surface area contributed by atoms with Crippen molar-refractivity contribution in [3.8, 4) is 5.75 Å². The van der Waals surface area contributed by atoms with Crippen molar-refractivity contribution in [2.45, 2.75) is 69.9 Å². The number of nitrogens with one attached hydrogen (secondary N) is 2. The highest BCUT2D eigenvalue weighted by Crippen LogP contribution is 2.46. The van der Waals surface area contributed by atoms with Crippen molar-refractivity contribution in [3.63, 3.8) is 0 Å². The Morgan fingerprint density at radius 3 is 2.45 bits per heavy atom. The number of ether oxygens (including phenoxy) is 1. The predicted octanol–water partition coefficient (Wildman–Crippen LogP) is 6.30. The summed E-state index contributed by atoms with van der Waals surface area (Å²) in [5.41, 5.74) is 3.00. The lowest BCUT2D eigenvalue weighted by Crippen LogP contribution is -2.54. The Morgan fingerprint density at radius 2 is 1.71 bits per heavy atom. The van der Waals surface area contributed by atoms with E-state index in [0.717, 1.165) is 68.7 Å². The number of aryl methyl sites for hydroxylation is 2. The molecule has 2 N–H and O–H groups in total. The number of rotatable bonds is 8. The maximum Gasteiger partial charge on any atom is 0.301 e. The molecular weight excluding hydrogens is 820 g/mol. The molecule has 0 radical (unpaired) electrons. The van der Waals surface area contributed by atoms with E-state index in [9.17, 15) is 14.4 Å². The molecule has 3 saturated heterocycles. The summed E-state index contributed by atoms with van der Waals surface area (Å²) in [5, 5.41) is 12.7. The van der Waals surface area contributed by atoms with E-state index in [0.29, 0.717) is 77.2 Å². The minimum Gasteiger partial charge on any atom is -0.480 e. The van der Waals surface area contributed by atoms with Gasteiger partial charge < -0.3 is 29.7 Å². The standard InChI is InChI=1S/C44H50ClF2N11O4/c1-25-22-57(18-17-56(25)23-26-13-15-55(16-14-26)29-10-11-30-34(20-29)54(3)52-41(30)58-35(59)5-4-6-36(58)60)43-48-21-32(45)40(51-43)49-28-9-12-33-31(19-28)37-38(42(61)53(33)2)62-24-44(46,47)39(50-37)27-7-8-27/h9-12,19-21,25-27,39,50H,4-8,13-18,22-24H2,1-3H3,(H,48,49,51). The quantitative estimate of drug-likeness (QED) is 0.169. The Kier molecular flexibility index (Phi) is 10.2. The van der Waals surface area contributed by atoms with Crippen LogP contribution in [-0.2, 0) is 23.7 Å². The van der Waals surface area contributed by atoms with Gasteiger partial charge in [-0.15, -0.1) is 0 Å². The zero-order valence-electron chi connectivity index (χ0n) is 35.0. The van der Waals surface area contributed by atoms with Gasteiger partial charge in [0.05, 0.1) is 29.0 Å². The van der Waals surface area contributed by atoms with Gasteiger partial charge in [-0.3, -0.25) is 24.0 Å². The summed E-state index contributed by atoms with van der Waals surface area (Å²) in [6.45, 7) is 6.62. The lowest BCUT2D eigenvalue weighted by Gasteiger charge is -2.43. The first-order valence-electron chi connectivity index (χ1n) is 21.6. The van der Waals surface area contributed by atoms with Crippen LogP contribution in [0.1, 0.15) is 51.9 Å². The van der Waals surface area contributed by atoms with Crippen LogP contribution in [0.5, 0.6) is 5.75 Å². The summed E-state index contributed by atoms with van der Waals surface area (Å²) < 4.78 is 39.1. The van der Waals surface area contributed by atoms with E-state index in [4.69, 9.17) is 21.3 Å². The van der Waals surface area contributed by atoms with Crippen molar-refractivity contribution in [1.29, 1.82) is 0 Å². The normalized spacial score (nSPS) is 22.5. The first-order chi connectivity index (χ1) is 29.8. The lowest BCUT2D eigenvalue weighted by atomic mass is 9.94. The molecule has 7 heterocycles. The third kappa shape index (κ3) is 7.35. The molecule has 2 aromatic carbocycles. The summed E-state index contributed by atoms with van der Waals surface area (Å²) in [5.74, 6) is -1.85. The molecule has 0 bridgehead atoms. The van der Waals surface area contributed by atoms with Crippen LogP contribution in [0, 0.1) is 11.8 Å². The maximum atomic E-state index is 15.2. The number of fused-ring (bicyclic) bond motifs is 4. The van der Waals surface area contributed by atoms with Crippen LogP contribution in [0.3, 0.4) is 0 Å². The number of hydrogen-bond donors (Lipinski definition) is 2. The Bertz CT molecular complexity index is 2650. The summed E-state index contributed by atoms with van der Waals surface area (Å²) in [6, 6.07) is 10.7. The fourth-order valence-electron chi connectivity index (χ4n) is 9.75. The average Bonchev–Trinajstić information content (AvgIpc) is 4.06. The van der Waals surface area contributed by atoms with E-state index in [1.54, 1.807) is 36.1 Å². The van der Waals surface area contributed by atoms with Crippen molar-refractivity contribution >= 4 is 79.9 Å². The summed E-state index contributed by atoms with van der Waals surface area (Å²) in [7, 11) is 3.46. The zero-order chi connectivity index (χ0) is 43.0. The fourth-order valence-corrected chi connectivity index (χ4v) is 9.89. The van der Waals surface area contributed by atoms with Crippen LogP contribution in [0.4, 0.5) is 43.4 Å². The van der Waals surface area contributed by atoms with Gasteiger partial charge in [-0.1, -0.05) is 11.6 Å². The number of carbonyl (C=O) groups is 2. The van der Waals surface area contributed by atoms with Gasteiger partial charge in [0, 0.05) is 94.4 Å². The van der Waals surface area contributed by atoms with Crippen LogP contribution >= 0.6 is 11.6 Å². The van der Waals surface area contributed by atoms with Gasteiger partial charge in [0.25, 0.3) is 5.56 Å². The topological polar surface area (TPSA) is 146 Å². The SMILES string of the molecule is CC1CN(c2ncc(Cl)c(Nc3ccc4c(c3)c3c(c(=O)n4C)OCC(F)(F)C(C4CC4)N3)n2)CCN1CC1CCN(c2ccc3c(N4C(=O)CCCC4=O)nn(C)c3c2)CC1. The van der Waals surface area contributed by atoms with Crippen molar-refractivity contribution in [2.24, 2.45) is 25.9 Å². The highest BCUT2D eigenvalue weighted by Gasteiger charge is 2.51. The molecule has 2 unspecified atom stereocenters. The Labute approximate surface area is 361 Å². The molecule has 10 rings (SSSR count). The predicted molar refractivity (Wildman–Crippen MR) is 235 cm³/mol. The van der Waals surface area contributed by atoms with E-state index in [1.165, 1.54) is 9.47 Å². The number of nitrogens with zero attached hydrogens (tertiary/aromatic N) is 9. The molecular formula is C44H50ClF2N11O4. The largest absolute Gasteiger partial charge is 0.480 e. The van der Waals surface area contributed by atoms with Gasteiger partial charge in [0.15, 0.2) is 18.2 Å². The second-order valence-corrected chi connectivity index (χ2v) is 18.1. The Balaban J connectivity index is 0.780. The number of benzene rings is 2. The molecule has 15 nitrogen and oxygen atoms in total. The van der Waals surface area contributed by atoms with Gasteiger partial charge >= 0.3 is 5.92 Å². The maximum absolute atomic E-state index is 15.2. The monoisotopic (exact) mass is 869 g/mol. The van der Waals surface area contributed by atoms with Crippen molar-refractivity contribution in [3.05, 3.63) is 58.0 Å². The molecule has 4 aliphatic heterocycles. The summed E-state index contributed by atoms with van der Waals surface area (Å²) >= 11 is 6.65. The number of anilines is 6. The van der Waals surface area contributed by atoms with Crippen molar-refractivity contribution in [2.75, 3.05) is 71.2 Å². The lowest BCUT2D eigenvalue weighted by molar-refractivity contribution is -0.129. The molecule has 18 heteroatoms. The molecule has 0 spiro atoms. The number of carbonyl (C=O) groups excluding carboxylic acids is 2. The molecule has 2 amide bonds. The summed E-state index contributed by atoms with van der Waals surface area (Å²) in [6.07, 6.45) is 6.43. The van der Waals surface area contributed by atoms with Crippen molar-refractivity contribution in [1.82, 2.24) is 29.2 Å². The molecule has 62 heavy (non-hydrogen) atoms. The number of amides is 2. The molecule has 3 aromatic heterocycles. The number of alkyl halides is 2. The highest BCUT2D eigenvalue weighted by molar-refractivity contribution is 6.33. The molecule has 326 valence electrons. The number of halogens is 3. The fraction of sp³-hybridized carbons (Fsp3) is 0.500. The smallest absolute Gasteiger partial charge is 0.301 e. The zero-order valence-corrected chi connectivity index (χ0v) is 35.8. The minimum absolute atomic E-state index is 0.108. The first kappa shape index (κ1) is 40.5. The number of hydrogen-bond acceptors (Lipinski definition) is 12. The van der Waals surface area contributed by atoms with Crippen LogP contribution in [-0.4, -0.2) is 105 Å². The van der Waals surface area contributed by atoms with Gasteiger partial charge in [-0.2, -0.15) is 10.1 Å².